The highest BCUT2D eigenvalue weighted by Gasteiger charge is 2.21. The van der Waals surface area contributed by atoms with Gasteiger partial charge in [0.05, 0.1) is 24.6 Å². The van der Waals surface area contributed by atoms with Crippen molar-refractivity contribution in [2.24, 2.45) is 0 Å². The Morgan fingerprint density at radius 2 is 1.87 bits per heavy atom. The van der Waals surface area contributed by atoms with Crippen LogP contribution >= 0.6 is 0 Å². The van der Waals surface area contributed by atoms with Crippen LogP contribution in [0.15, 0.2) is 42.5 Å². The molecule has 0 spiro atoms. The summed E-state index contributed by atoms with van der Waals surface area (Å²) in [4.78, 5) is 12.5. The second-order valence-electron chi connectivity index (χ2n) is 7.49. The van der Waals surface area contributed by atoms with E-state index in [1.54, 1.807) is 24.3 Å². The molecule has 1 atom stereocenters. The summed E-state index contributed by atoms with van der Waals surface area (Å²) in [6.07, 6.45) is 1.80. The summed E-state index contributed by atoms with van der Waals surface area (Å²) in [6.45, 7) is 8.50. The van der Waals surface area contributed by atoms with E-state index in [1.165, 1.54) is 10.6 Å². The fraction of sp³-hybridized carbons (Fsp3) is 0.435. The van der Waals surface area contributed by atoms with Gasteiger partial charge >= 0.3 is 0 Å². The highest BCUT2D eigenvalue weighted by Crippen LogP contribution is 2.30. The van der Waals surface area contributed by atoms with Gasteiger partial charge in [-0.15, -0.1) is 0 Å². The van der Waals surface area contributed by atoms with Crippen molar-refractivity contribution in [1.82, 2.24) is 5.32 Å². The molecule has 0 saturated heterocycles. The number of hydrogen-bond acceptors (Lipinski definition) is 4. The zero-order chi connectivity index (χ0) is 22.3. The minimum Gasteiger partial charge on any atom is -0.492 e. The third kappa shape index (κ3) is 6.49. The van der Waals surface area contributed by atoms with Crippen molar-refractivity contribution in [1.29, 1.82) is 0 Å². The molecule has 0 aliphatic heterocycles. The van der Waals surface area contributed by atoms with Gasteiger partial charge in [-0.3, -0.25) is 9.10 Å². The van der Waals surface area contributed by atoms with E-state index in [-0.39, 0.29) is 24.9 Å². The van der Waals surface area contributed by atoms with Gasteiger partial charge in [-0.1, -0.05) is 35.9 Å². The first-order valence-corrected chi connectivity index (χ1v) is 12.0. The summed E-state index contributed by atoms with van der Waals surface area (Å²) >= 11 is 0. The quantitative estimate of drug-likeness (QED) is 0.613. The van der Waals surface area contributed by atoms with Gasteiger partial charge in [0.25, 0.3) is 0 Å². The average Bonchev–Trinajstić information content (AvgIpc) is 2.67. The maximum Gasteiger partial charge on any atom is 0.232 e. The Morgan fingerprint density at radius 1 is 1.17 bits per heavy atom. The molecule has 2 aromatic rings. The maximum absolute atomic E-state index is 12.5. The molecule has 0 saturated carbocycles. The summed E-state index contributed by atoms with van der Waals surface area (Å²) in [6, 6.07) is 13.1. The third-order valence-corrected chi connectivity index (χ3v) is 6.06. The van der Waals surface area contributed by atoms with Crippen LogP contribution in [-0.2, 0) is 14.8 Å². The number of ether oxygens (including phenoxy) is 1. The molecule has 0 heterocycles. The molecular formula is C23H32N2O4S. The van der Waals surface area contributed by atoms with E-state index in [0.29, 0.717) is 24.5 Å². The van der Waals surface area contributed by atoms with E-state index in [1.807, 2.05) is 39.8 Å². The van der Waals surface area contributed by atoms with Crippen LogP contribution in [0.4, 0.5) is 5.69 Å². The minimum atomic E-state index is -3.51. The van der Waals surface area contributed by atoms with Gasteiger partial charge in [0.1, 0.15) is 5.75 Å². The van der Waals surface area contributed by atoms with E-state index in [9.17, 15) is 13.2 Å². The molecule has 0 aliphatic rings. The molecular weight excluding hydrogens is 400 g/mol. The topological polar surface area (TPSA) is 75.7 Å². The first-order valence-electron chi connectivity index (χ1n) is 10.2. The number of hydrogen-bond donors (Lipinski definition) is 1. The van der Waals surface area contributed by atoms with Gasteiger partial charge < -0.3 is 10.1 Å². The molecule has 30 heavy (non-hydrogen) atoms. The van der Waals surface area contributed by atoms with E-state index in [2.05, 4.69) is 11.4 Å². The van der Waals surface area contributed by atoms with Crippen LogP contribution in [0, 0.1) is 13.8 Å². The molecule has 6 nitrogen and oxygen atoms in total. The minimum absolute atomic E-state index is 0.102. The lowest BCUT2D eigenvalue weighted by Gasteiger charge is -2.24. The number of carbonyl (C=O) groups is 1. The fourth-order valence-corrected chi connectivity index (χ4v) is 4.38. The average molecular weight is 433 g/mol. The van der Waals surface area contributed by atoms with Crippen LogP contribution in [0.3, 0.4) is 0 Å². The van der Waals surface area contributed by atoms with E-state index < -0.39 is 10.0 Å². The first kappa shape index (κ1) is 23.7. The number of sulfonamides is 1. The molecule has 2 aromatic carbocycles. The Labute approximate surface area is 180 Å². The van der Waals surface area contributed by atoms with Gasteiger partial charge in [-0.25, -0.2) is 8.42 Å². The lowest BCUT2D eigenvalue weighted by molar-refractivity contribution is -0.121. The van der Waals surface area contributed by atoms with Gasteiger partial charge in [-0.2, -0.15) is 0 Å². The molecule has 2 rings (SSSR count). The Hall–Kier alpha value is -2.54. The fourth-order valence-electron chi connectivity index (χ4n) is 3.41. The number of nitrogens with zero attached hydrogens (tertiary/aromatic N) is 1. The third-order valence-electron chi connectivity index (χ3n) is 4.88. The van der Waals surface area contributed by atoms with Crippen LogP contribution in [0.5, 0.6) is 5.75 Å². The SMILES string of the molecule is CCOc1ccccc1N(CCCC(=O)N[C@H](C)c1cc(C)ccc1C)S(C)(=O)=O. The van der Waals surface area contributed by atoms with Gasteiger partial charge in [0.15, 0.2) is 0 Å². The van der Waals surface area contributed by atoms with E-state index >= 15 is 0 Å². The smallest absolute Gasteiger partial charge is 0.232 e. The number of para-hydroxylation sites is 2. The van der Waals surface area contributed by atoms with Crippen LogP contribution in [0.2, 0.25) is 0 Å². The lowest BCUT2D eigenvalue weighted by Crippen LogP contribution is -2.33. The largest absolute Gasteiger partial charge is 0.492 e. The van der Waals surface area contributed by atoms with Crippen LogP contribution in [0.25, 0.3) is 0 Å². The number of carbonyl (C=O) groups excluding carboxylic acids is 1. The molecule has 0 unspecified atom stereocenters. The molecule has 164 valence electrons. The number of anilines is 1. The molecule has 0 radical (unpaired) electrons. The Bertz CT molecular complexity index is 973. The van der Waals surface area contributed by atoms with Crippen LogP contribution < -0.4 is 14.4 Å². The zero-order valence-corrected chi connectivity index (χ0v) is 19.3. The molecule has 1 amide bonds. The molecule has 7 heteroatoms. The number of amides is 1. The summed E-state index contributed by atoms with van der Waals surface area (Å²) in [7, 11) is -3.51. The normalized spacial score (nSPS) is 12.3. The molecule has 0 aromatic heterocycles. The Morgan fingerprint density at radius 3 is 2.53 bits per heavy atom. The van der Waals surface area contributed by atoms with Crippen molar-refractivity contribution < 1.29 is 17.9 Å². The van der Waals surface area contributed by atoms with Crippen molar-refractivity contribution in [3.8, 4) is 5.75 Å². The highest BCUT2D eigenvalue weighted by molar-refractivity contribution is 7.92. The van der Waals surface area contributed by atoms with Crippen molar-refractivity contribution in [3.05, 3.63) is 59.2 Å². The predicted octanol–water partition coefficient (Wildman–Crippen LogP) is 4.13. The maximum atomic E-state index is 12.5. The van der Waals surface area contributed by atoms with Crippen molar-refractivity contribution in [3.63, 3.8) is 0 Å². The lowest BCUT2D eigenvalue weighted by atomic mass is 10.00. The van der Waals surface area contributed by atoms with Gasteiger partial charge in [0, 0.05) is 13.0 Å². The zero-order valence-electron chi connectivity index (χ0n) is 18.4. The second kappa shape index (κ2) is 10.5. The first-order chi connectivity index (χ1) is 14.1. The van der Waals surface area contributed by atoms with Crippen molar-refractivity contribution in [2.75, 3.05) is 23.7 Å². The summed E-state index contributed by atoms with van der Waals surface area (Å²) in [5.74, 6) is 0.411. The van der Waals surface area contributed by atoms with Crippen LogP contribution in [0.1, 0.15) is 49.4 Å². The molecule has 0 aliphatic carbocycles. The van der Waals surface area contributed by atoms with E-state index in [0.717, 1.165) is 16.7 Å². The summed E-state index contributed by atoms with van der Waals surface area (Å²) in [5, 5.41) is 3.02. The Balaban J connectivity index is 2.02. The molecule has 0 fully saturated rings. The highest BCUT2D eigenvalue weighted by atomic mass is 32.2. The standard InChI is InChI=1S/C23H32N2O4S/c1-6-29-22-11-8-7-10-21(22)25(30(5,27)28)15-9-12-23(26)24-19(4)20-16-17(2)13-14-18(20)3/h7-8,10-11,13-14,16,19H,6,9,12,15H2,1-5H3,(H,24,26)/t19-/m1/s1. The van der Waals surface area contributed by atoms with Gasteiger partial charge in [0.2, 0.25) is 15.9 Å². The monoisotopic (exact) mass is 432 g/mol. The number of aryl methyl sites for hydroxylation is 2. The van der Waals surface area contributed by atoms with E-state index in [4.69, 9.17) is 4.74 Å². The van der Waals surface area contributed by atoms with Crippen LogP contribution in [-0.4, -0.2) is 33.7 Å². The Kier molecular flexibility index (Phi) is 8.29. The van der Waals surface area contributed by atoms with Crippen molar-refractivity contribution in [2.45, 2.75) is 46.6 Å². The summed E-state index contributed by atoms with van der Waals surface area (Å²) in [5.41, 5.74) is 3.86. The predicted molar refractivity (Wildman–Crippen MR) is 122 cm³/mol. The molecule has 0 bridgehead atoms. The number of benzene rings is 2. The van der Waals surface area contributed by atoms with Crippen molar-refractivity contribution >= 4 is 21.6 Å². The number of nitrogens with one attached hydrogen (secondary N) is 1. The summed E-state index contributed by atoms with van der Waals surface area (Å²) < 4.78 is 31.6. The number of rotatable bonds is 10. The molecule has 1 N–H and O–H groups in total. The van der Waals surface area contributed by atoms with Gasteiger partial charge in [-0.05, 0) is 57.4 Å². The second-order valence-corrected chi connectivity index (χ2v) is 9.40.